The third-order valence-electron chi connectivity index (χ3n) is 4.62. The van der Waals surface area contributed by atoms with Crippen LogP contribution in [0.3, 0.4) is 0 Å². The van der Waals surface area contributed by atoms with E-state index in [1.165, 1.54) is 30.3 Å². The normalized spacial score (nSPS) is 16.5. The molecule has 1 fully saturated rings. The Labute approximate surface area is 168 Å². The van der Waals surface area contributed by atoms with Crippen molar-refractivity contribution in [1.29, 1.82) is 0 Å². The summed E-state index contributed by atoms with van der Waals surface area (Å²) in [5, 5.41) is 13.6. The smallest absolute Gasteiger partial charge is 0.274 e. The molecule has 0 radical (unpaired) electrons. The van der Waals surface area contributed by atoms with Crippen LogP contribution in [0.2, 0.25) is 0 Å². The first-order chi connectivity index (χ1) is 13.8. The number of nitrogens with one attached hydrogen (secondary N) is 2. The van der Waals surface area contributed by atoms with Gasteiger partial charge in [-0.3, -0.25) is 14.9 Å². The molecular weight excluding hydrogens is 398 g/mol. The van der Waals surface area contributed by atoms with E-state index in [9.17, 15) is 23.3 Å². The van der Waals surface area contributed by atoms with Crippen molar-refractivity contribution in [3.05, 3.63) is 63.7 Å². The van der Waals surface area contributed by atoms with Crippen LogP contribution in [0.4, 0.5) is 11.4 Å². The number of carbonyl (C=O) groups excluding carboxylic acids is 1. The molecule has 1 saturated heterocycles. The molecule has 1 atom stereocenters. The molecular formula is C19H21N3O6S. The molecule has 29 heavy (non-hydrogen) atoms. The van der Waals surface area contributed by atoms with Gasteiger partial charge >= 0.3 is 0 Å². The average molecular weight is 419 g/mol. The number of nitrogens with zero attached hydrogens (tertiary/aromatic N) is 1. The summed E-state index contributed by atoms with van der Waals surface area (Å²) in [4.78, 5) is 22.9. The largest absolute Gasteiger partial charge is 0.377 e. The Hall–Kier alpha value is -2.82. The van der Waals surface area contributed by atoms with Crippen LogP contribution in [-0.4, -0.2) is 38.5 Å². The number of carbonyl (C=O) groups is 1. The van der Waals surface area contributed by atoms with Gasteiger partial charge in [0.25, 0.3) is 11.6 Å². The molecule has 0 aliphatic carbocycles. The molecule has 3 rings (SSSR count). The molecule has 1 amide bonds. The van der Waals surface area contributed by atoms with E-state index < -0.39 is 20.9 Å². The maximum absolute atomic E-state index is 12.4. The fourth-order valence-electron chi connectivity index (χ4n) is 2.96. The van der Waals surface area contributed by atoms with Crippen molar-refractivity contribution in [3.8, 4) is 0 Å². The van der Waals surface area contributed by atoms with Crippen LogP contribution in [0.15, 0.2) is 47.4 Å². The van der Waals surface area contributed by atoms with Gasteiger partial charge < -0.3 is 10.1 Å². The zero-order chi connectivity index (χ0) is 21.0. The number of benzene rings is 2. The third-order valence-corrected chi connectivity index (χ3v) is 6.05. The predicted molar refractivity (Wildman–Crippen MR) is 106 cm³/mol. The fraction of sp³-hybridized carbons (Fsp3) is 0.316. The molecule has 1 heterocycles. The van der Waals surface area contributed by atoms with E-state index in [1.807, 2.05) is 0 Å². The first kappa shape index (κ1) is 20.9. The van der Waals surface area contributed by atoms with Crippen molar-refractivity contribution >= 4 is 27.3 Å². The second kappa shape index (κ2) is 8.68. The highest BCUT2D eigenvalue weighted by Crippen LogP contribution is 2.23. The van der Waals surface area contributed by atoms with Gasteiger partial charge in [0.05, 0.1) is 15.9 Å². The van der Waals surface area contributed by atoms with E-state index in [2.05, 4.69) is 10.0 Å². The van der Waals surface area contributed by atoms with Crippen molar-refractivity contribution < 1.29 is 22.9 Å². The second-order valence-corrected chi connectivity index (χ2v) is 8.49. The first-order valence-electron chi connectivity index (χ1n) is 9.04. The number of hydrogen-bond donors (Lipinski definition) is 2. The molecule has 10 heteroatoms. The summed E-state index contributed by atoms with van der Waals surface area (Å²) in [5.41, 5.74) is 0.896. The maximum atomic E-state index is 12.4. The number of rotatable bonds is 7. The van der Waals surface area contributed by atoms with Crippen LogP contribution in [0, 0.1) is 17.0 Å². The average Bonchev–Trinajstić information content (AvgIpc) is 3.21. The van der Waals surface area contributed by atoms with Gasteiger partial charge in [-0.15, -0.1) is 0 Å². The van der Waals surface area contributed by atoms with E-state index >= 15 is 0 Å². The lowest BCUT2D eigenvalue weighted by Crippen LogP contribution is -2.31. The number of hydrogen-bond acceptors (Lipinski definition) is 6. The van der Waals surface area contributed by atoms with Crippen LogP contribution >= 0.6 is 0 Å². The third kappa shape index (κ3) is 5.17. The molecule has 0 unspecified atom stereocenters. The van der Waals surface area contributed by atoms with Crippen molar-refractivity contribution in [2.24, 2.45) is 0 Å². The first-order valence-corrected chi connectivity index (χ1v) is 10.5. The number of nitro benzene ring substituents is 1. The Morgan fingerprint density at radius 1 is 1.24 bits per heavy atom. The molecule has 2 N–H and O–H groups in total. The summed E-state index contributed by atoms with van der Waals surface area (Å²) < 4.78 is 32.6. The number of nitro groups is 1. The number of amides is 1. The highest BCUT2D eigenvalue weighted by atomic mass is 32.2. The van der Waals surface area contributed by atoms with Crippen molar-refractivity contribution in [2.75, 3.05) is 18.5 Å². The zero-order valence-corrected chi connectivity index (χ0v) is 16.6. The van der Waals surface area contributed by atoms with Crippen LogP contribution < -0.4 is 10.0 Å². The molecule has 2 aromatic carbocycles. The second-order valence-electron chi connectivity index (χ2n) is 6.72. The minimum Gasteiger partial charge on any atom is -0.377 e. The molecule has 154 valence electrons. The Morgan fingerprint density at radius 2 is 1.97 bits per heavy atom. The minimum atomic E-state index is -3.71. The number of sulfonamides is 1. The summed E-state index contributed by atoms with van der Waals surface area (Å²) in [5.74, 6) is -0.501. The van der Waals surface area contributed by atoms with Gasteiger partial charge in [-0.25, -0.2) is 13.1 Å². The predicted octanol–water partition coefficient (Wildman–Crippen LogP) is 2.61. The zero-order valence-electron chi connectivity index (χ0n) is 15.8. The summed E-state index contributed by atoms with van der Waals surface area (Å²) in [6.45, 7) is 2.45. The van der Waals surface area contributed by atoms with Gasteiger partial charge in [0, 0.05) is 36.0 Å². The highest BCUT2D eigenvalue weighted by Gasteiger charge is 2.20. The summed E-state index contributed by atoms with van der Waals surface area (Å²) in [7, 11) is -3.71. The molecule has 1 aliphatic rings. The van der Waals surface area contributed by atoms with Gasteiger partial charge in [-0.1, -0.05) is 6.07 Å². The topological polar surface area (TPSA) is 128 Å². The molecule has 9 nitrogen and oxygen atoms in total. The van der Waals surface area contributed by atoms with Crippen LogP contribution in [0.1, 0.15) is 28.8 Å². The Bertz CT molecular complexity index is 1010. The molecule has 1 aliphatic heterocycles. The lowest BCUT2D eigenvalue weighted by atomic mass is 10.1. The van der Waals surface area contributed by atoms with Crippen molar-refractivity contribution in [3.63, 3.8) is 0 Å². The fourth-order valence-corrected chi connectivity index (χ4v) is 4.03. The lowest BCUT2D eigenvalue weighted by molar-refractivity contribution is -0.385. The van der Waals surface area contributed by atoms with Gasteiger partial charge in [0.1, 0.15) is 0 Å². The highest BCUT2D eigenvalue weighted by molar-refractivity contribution is 7.89. The Kier molecular flexibility index (Phi) is 6.26. The quantitative estimate of drug-likeness (QED) is 0.524. The van der Waals surface area contributed by atoms with Gasteiger partial charge in [0.15, 0.2) is 0 Å². The van der Waals surface area contributed by atoms with Crippen LogP contribution in [0.25, 0.3) is 0 Å². The Balaban J connectivity index is 1.67. The molecule has 0 saturated carbocycles. The van der Waals surface area contributed by atoms with E-state index in [0.717, 1.165) is 12.8 Å². The van der Waals surface area contributed by atoms with Gasteiger partial charge in [-0.05, 0) is 50.1 Å². The van der Waals surface area contributed by atoms with E-state index in [0.29, 0.717) is 12.2 Å². The van der Waals surface area contributed by atoms with E-state index in [4.69, 9.17) is 4.74 Å². The minimum absolute atomic E-state index is 0.0398. The summed E-state index contributed by atoms with van der Waals surface area (Å²) in [6.07, 6.45) is 1.62. The monoisotopic (exact) mass is 419 g/mol. The summed E-state index contributed by atoms with van der Waals surface area (Å²) >= 11 is 0. The standard InChI is InChI=1S/C19H21N3O6S/c1-13-4-7-15(11-18(13)22(24)25)21-19(23)14-5-8-17(9-6-14)29(26,27)20-12-16-3-2-10-28-16/h4-9,11,16,20H,2-3,10,12H2,1H3,(H,21,23)/t16-/m1/s1. The number of aryl methyl sites for hydroxylation is 1. The van der Waals surface area contributed by atoms with Crippen LogP contribution in [-0.2, 0) is 14.8 Å². The molecule has 0 spiro atoms. The Morgan fingerprint density at radius 3 is 2.59 bits per heavy atom. The molecule has 0 aromatic heterocycles. The maximum Gasteiger partial charge on any atom is 0.274 e. The van der Waals surface area contributed by atoms with Crippen LogP contribution in [0.5, 0.6) is 0 Å². The lowest BCUT2D eigenvalue weighted by Gasteiger charge is -2.12. The van der Waals surface area contributed by atoms with Gasteiger partial charge in [-0.2, -0.15) is 0 Å². The van der Waals surface area contributed by atoms with Crippen molar-refractivity contribution in [1.82, 2.24) is 4.72 Å². The van der Waals surface area contributed by atoms with E-state index in [-0.39, 0.29) is 34.5 Å². The summed E-state index contributed by atoms with van der Waals surface area (Å²) in [6, 6.07) is 9.84. The molecule has 0 bridgehead atoms. The van der Waals surface area contributed by atoms with Gasteiger partial charge in [0.2, 0.25) is 10.0 Å². The number of anilines is 1. The SMILES string of the molecule is Cc1ccc(NC(=O)c2ccc(S(=O)(=O)NC[C@H]3CCCO3)cc2)cc1[N+](=O)[O-]. The van der Waals surface area contributed by atoms with E-state index in [1.54, 1.807) is 19.1 Å². The molecule has 2 aromatic rings. The van der Waals surface area contributed by atoms with Crippen molar-refractivity contribution in [2.45, 2.75) is 30.8 Å². The number of ether oxygens (including phenoxy) is 1.